The number of rotatable bonds is 8. The van der Waals surface area contributed by atoms with E-state index in [4.69, 9.17) is 4.74 Å². The number of hydrogen-bond donors (Lipinski definition) is 1. The molecule has 1 fully saturated rings. The van der Waals surface area contributed by atoms with Crippen LogP contribution in [0.5, 0.6) is 5.75 Å². The number of ether oxygens (including phenoxy) is 1. The molecule has 182 valence electrons. The van der Waals surface area contributed by atoms with Gasteiger partial charge in [0.05, 0.1) is 12.0 Å². The highest BCUT2D eigenvalue weighted by Gasteiger charge is 2.31. The molecule has 1 aliphatic rings. The maximum atomic E-state index is 11.8. The molecule has 2 atom stereocenters. The standard InChI is InChI=1S/C32H31NO3/c34-32(35)29-14-8-20-33(22-29)31(27-18-16-26(17-19-27)25-11-5-2-6-12-25)28-13-7-15-30(21-28)36-23-24-9-3-1-4-10-24/h1-7,9-13,15-19,21,29,31H,8,14,20,22-23H2,(H,34,35). The zero-order valence-electron chi connectivity index (χ0n) is 20.3. The van der Waals surface area contributed by atoms with Gasteiger partial charge in [-0.25, -0.2) is 0 Å². The molecule has 4 aromatic carbocycles. The van der Waals surface area contributed by atoms with Crippen molar-refractivity contribution >= 4 is 5.97 Å². The van der Waals surface area contributed by atoms with Crippen LogP contribution in [0.25, 0.3) is 11.1 Å². The van der Waals surface area contributed by atoms with Crippen LogP contribution in [0.3, 0.4) is 0 Å². The molecule has 0 aliphatic carbocycles. The summed E-state index contributed by atoms with van der Waals surface area (Å²) >= 11 is 0. The largest absolute Gasteiger partial charge is 0.489 e. The first-order valence-electron chi connectivity index (χ1n) is 12.6. The van der Waals surface area contributed by atoms with E-state index in [9.17, 15) is 9.90 Å². The van der Waals surface area contributed by atoms with Crippen molar-refractivity contribution in [3.8, 4) is 16.9 Å². The van der Waals surface area contributed by atoms with E-state index >= 15 is 0 Å². The topological polar surface area (TPSA) is 49.8 Å². The van der Waals surface area contributed by atoms with Crippen molar-refractivity contribution < 1.29 is 14.6 Å². The SMILES string of the molecule is O=C(O)C1CCCN(C(c2ccc(-c3ccccc3)cc2)c2cccc(OCc3ccccc3)c2)C1. The predicted octanol–water partition coefficient (Wildman–Crippen LogP) is 6.82. The van der Waals surface area contributed by atoms with Gasteiger partial charge in [-0.3, -0.25) is 9.69 Å². The van der Waals surface area contributed by atoms with E-state index in [1.807, 2.05) is 48.5 Å². The highest BCUT2D eigenvalue weighted by molar-refractivity contribution is 5.70. The maximum Gasteiger partial charge on any atom is 0.307 e. The summed E-state index contributed by atoms with van der Waals surface area (Å²) in [7, 11) is 0. The van der Waals surface area contributed by atoms with Crippen LogP contribution in [-0.4, -0.2) is 29.1 Å². The van der Waals surface area contributed by atoms with Crippen LogP contribution in [0.15, 0.2) is 109 Å². The molecule has 0 aromatic heterocycles. The monoisotopic (exact) mass is 477 g/mol. The van der Waals surface area contributed by atoms with E-state index in [0.717, 1.165) is 41.8 Å². The maximum absolute atomic E-state index is 11.8. The first-order chi connectivity index (χ1) is 17.7. The summed E-state index contributed by atoms with van der Waals surface area (Å²) in [6, 6.07) is 37.3. The van der Waals surface area contributed by atoms with Gasteiger partial charge in [-0.1, -0.05) is 97.1 Å². The van der Waals surface area contributed by atoms with Gasteiger partial charge in [0, 0.05) is 6.54 Å². The molecule has 4 aromatic rings. The van der Waals surface area contributed by atoms with Gasteiger partial charge in [-0.2, -0.15) is 0 Å². The van der Waals surface area contributed by atoms with Crippen molar-refractivity contribution in [3.05, 3.63) is 126 Å². The third-order valence-corrected chi connectivity index (χ3v) is 6.92. The quantitative estimate of drug-likeness (QED) is 0.303. The van der Waals surface area contributed by atoms with Gasteiger partial charge in [0.25, 0.3) is 0 Å². The molecule has 4 nitrogen and oxygen atoms in total. The van der Waals surface area contributed by atoms with Gasteiger partial charge in [-0.15, -0.1) is 0 Å². The van der Waals surface area contributed by atoms with E-state index < -0.39 is 5.97 Å². The molecule has 1 aliphatic heterocycles. The first kappa shape index (κ1) is 23.8. The van der Waals surface area contributed by atoms with Crippen LogP contribution >= 0.6 is 0 Å². The zero-order valence-corrected chi connectivity index (χ0v) is 20.3. The lowest BCUT2D eigenvalue weighted by molar-refractivity contribution is -0.143. The number of likely N-dealkylation sites (tertiary alicyclic amines) is 1. The van der Waals surface area contributed by atoms with Gasteiger partial charge in [0.2, 0.25) is 0 Å². The summed E-state index contributed by atoms with van der Waals surface area (Å²) in [4.78, 5) is 14.1. The van der Waals surface area contributed by atoms with E-state index in [1.54, 1.807) is 0 Å². The Morgan fingerprint density at radius 1 is 0.833 bits per heavy atom. The van der Waals surface area contributed by atoms with Crippen molar-refractivity contribution in [3.63, 3.8) is 0 Å². The third kappa shape index (κ3) is 5.67. The number of carbonyl (C=O) groups is 1. The van der Waals surface area contributed by atoms with E-state index in [-0.39, 0.29) is 12.0 Å². The van der Waals surface area contributed by atoms with Crippen molar-refractivity contribution in [2.45, 2.75) is 25.5 Å². The van der Waals surface area contributed by atoms with E-state index in [1.165, 1.54) is 11.1 Å². The summed E-state index contributed by atoms with van der Waals surface area (Å²) in [6.45, 7) is 1.91. The minimum absolute atomic E-state index is 0.0442. The number of hydrogen-bond acceptors (Lipinski definition) is 3. The second kappa shape index (κ2) is 11.2. The Balaban J connectivity index is 1.45. The van der Waals surface area contributed by atoms with Gasteiger partial charge in [0.15, 0.2) is 0 Å². The fourth-order valence-electron chi connectivity index (χ4n) is 5.06. The third-order valence-electron chi connectivity index (χ3n) is 6.92. The summed E-state index contributed by atoms with van der Waals surface area (Å²) in [6.07, 6.45) is 1.60. The lowest BCUT2D eigenvalue weighted by Crippen LogP contribution is -2.41. The minimum Gasteiger partial charge on any atom is -0.489 e. The second-order valence-corrected chi connectivity index (χ2v) is 9.41. The number of nitrogens with zero attached hydrogens (tertiary/aromatic N) is 1. The first-order valence-corrected chi connectivity index (χ1v) is 12.6. The Bertz CT molecular complexity index is 1270. The minimum atomic E-state index is -0.710. The molecule has 1 heterocycles. The average Bonchev–Trinajstić information content (AvgIpc) is 2.94. The molecule has 2 unspecified atom stereocenters. The number of carboxylic acids is 1. The highest BCUT2D eigenvalue weighted by atomic mass is 16.5. The fourth-order valence-corrected chi connectivity index (χ4v) is 5.06. The Morgan fingerprint density at radius 2 is 1.53 bits per heavy atom. The second-order valence-electron chi connectivity index (χ2n) is 9.41. The normalized spacial score (nSPS) is 16.8. The molecule has 0 radical (unpaired) electrons. The summed E-state index contributed by atoms with van der Waals surface area (Å²) in [5, 5.41) is 9.72. The van der Waals surface area contributed by atoms with Crippen molar-refractivity contribution in [2.24, 2.45) is 5.92 Å². The zero-order chi connectivity index (χ0) is 24.7. The number of carboxylic acid groups (broad SMARTS) is 1. The highest BCUT2D eigenvalue weighted by Crippen LogP contribution is 2.35. The Labute approximate surface area is 212 Å². The summed E-state index contributed by atoms with van der Waals surface area (Å²) < 4.78 is 6.13. The van der Waals surface area contributed by atoms with Crippen LogP contribution < -0.4 is 4.74 Å². The molecule has 1 N–H and O–H groups in total. The lowest BCUT2D eigenvalue weighted by Gasteiger charge is -2.37. The van der Waals surface area contributed by atoms with Crippen molar-refractivity contribution in [1.29, 1.82) is 0 Å². The van der Waals surface area contributed by atoms with Gasteiger partial charge in [-0.05, 0) is 59.3 Å². The van der Waals surface area contributed by atoms with Crippen LogP contribution in [0.1, 0.15) is 35.6 Å². The Morgan fingerprint density at radius 3 is 2.25 bits per heavy atom. The fraction of sp³-hybridized carbons (Fsp3) is 0.219. The molecule has 0 amide bonds. The van der Waals surface area contributed by atoms with Crippen LogP contribution in [0.2, 0.25) is 0 Å². The Hall–Kier alpha value is -3.89. The number of aliphatic carboxylic acids is 1. The van der Waals surface area contributed by atoms with E-state index in [2.05, 4.69) is 65.6 Å². The molecule has 5 rings (SSSR count). The van der Waals surface area contributed by atoms with Crippen LogP contribution in [0, 0.1) is 5.92 Å². The molecule has 1 saturated heterocycles. The summed E-state index contributed by atoms with van der Waals surface area (Å²) in [5.74, 6) is -0.241. The van der Waals surface area contributed by atoms with Crippen molar-refractivity contribution in [1.82, 2.24) is 4.90 Å². The van der Waals surface area contributed by atoms with Gasteiger partial charge < -0.3 is 9.84 Å². The molecule has 0 saturated carbocycles. The molecule has 36 heavy (non-hydrogen) atoms. The number of benzene rings is 4. The molecule has 0 bridgehead atoms. The van der Waals surface area contributed by atoms with E-state index in [0.29, 0.717) is 13.2 Å². The average molecular weight is 478 g/mol. The van der Waals surface area contributed by atoms with Crippen LogP contribution in [0.4, 0.5) is 0 Å². The molecule has 0 spiro atoms. The summed E-state index contributed by atoms with van der Waals surface area (Å²) in [5.41, 5.74) is 5.73. The smallest absolute Gasteiger partial charge is 0.307 e. The van der Waals surface area contributed by atoms with Gasteiger partial charge >= 0.3 is 5.97 Å². The lowest BCUT2D eigenvalue weighted by atomic mass is 9.90. The van der Waals surface area contributed by atoms with Crippen LogP contribution in [-0.2, 0) is 11.4 Å². The Kier molecular flexibility index (Phi) is 7.44. The van der Waals surface area contributed by atoms with Gasteiger partial charge in [0.1, 0.15) is 12.4 Å². The number of piperidine rings is 1. The molecular formula is C32H31NO3. The van der Waals surface area contributed by atoms with Crippen molar-refractivity contribution in [2.75, 3.05) is 13.1 Å². The predicted molar refractivity (Wildman–Crippen MR) is 143 cm³/mol. The molecular weight excluding hydrogens is 446 g/mol. The molecule has 4 heteroatoms.